The molecule has 0 aliphatic rings. The summed E-state index contributed by atoms with van der Waals surface area (Å²) in [5, 5.41) is 3.81. The summed E-state index contributed by atoms with van der Waals surface area (Å²) in [5.74, 6) is -0.362. The van der Waals surface area contributed by atoms with Crippen LogP contribution >= 0.6 is 23.8 Å². The van der Waals surface area contributed by atoms with Gasteiger partial charge in [0.1, 0.15) is 5.69 Å². The maximum atomic E-state index is 11.9. The molecular weight excluding hydrogens is 308 g/mol. The molecule has 2 rings (SSSR count). The highest BCUT2D eigenvalue weighted by Gasteiger charge is 2.07. The van der Waals surface area contributed by atoms with E-state index in [2.05, 4.69) is 21.2 Å². The number of aromatic nitrogens is 1. The van der Waals surface area contributed by atoms with Crippen molar-refractivity contribution in [3.63, 3.8) is 0 Å². The van der Waals surface area contributed by atoms with Crippen LogP contribution in [-0.4, -0.2) is 16.0 Å². The maximum Gasteiger partial charge on any atom is 0.288 e. The van der Waals surface area contributed by atoms with Gasteiger partial charge in [0, 0.05) is 16.4 Å². The summed E-state index contributed by atoms with van der Waals surface area (Å²) in [5.41, 5.74) is 6.94. The largest absolute Gasteiger partial charge is 0.331 e. The fourth-order valence-corrected chi connectivity index (χ4v) is 1.84. The van der Waals surface area contributed by atoms with Gasteiger partial charge in [0.05, 0.1) is 0 Å². The van der Waals surface area contributed by atoms with Crippen LogP contribution in [0, 0.1) is 6.92 Å². The summed E-state index contributed by atoms with van der Waals surface area (Å²) in [7, 11) is 0. The molecule has 0 spiro atoms. The lowest BCUT2D eigenvalue weighted by Gasteiger charge is -2.11. The summed E-state index contributed by atoms with van der Waals surface area (Å²) in [6.45, 7) is 1.82. The Morgan fingerprint density at radius 3 is 2.52 bits per heavy atom. The minimum absolute atomic E-state index is 0.262. The topological polar surface area (TPSA) is 66.1 Å². The third-order valence-electron chi connectivity index (χ3n) is 2.51. The van der Waals surface area contributed by atoms with Gasteiger partial charge in [-0.25, -0.2) is 4.98 Å². The molecule has 1 amide bonds. The molecule has 0 radical (unpaired) electrons. The molecule has 3 N–H and O–H groups in total. The number of nitrogens with zero attached hydrogens (tertiary/aromatic N) is 1. The predicted molar refractivity (Wildman–Crippen MR) is 87.2 cm³/mol. The van der Waals surface area contributed by atoms with E-state index in [4.69, 9.17) is 23.8 Å². The van der Waals surface area contributed by atoms with Crippen molar-refractivity contribution in [3.8, 4) is 0 Å². The number of anilines is 1. The zero-order chi connectivity index (χ0) is 15.2. The van der Waals surface area contributed by atoms with Crippen molar-refractivity contribution in [1.29, 1.82) is 0 Å². The van der Waals surface area contributed by atoms with E-state index in [1.807, 2.05) is 13.0 Å². The highest BCUT2D eigenvalue weighted by molar-refractivity contribution is 7.80. The second-order valence-corrected chi connectivity index (χ2v) is 5.05. The third kappa shape index (κ3) is 4.70. The van der Waals surface area contributed by atoms with Gasteiger partial charge in [0.25, 0.3) is 5.91 Å². The summed E-state index contributed by atoms with van der Waals surface area (Å²) >= 11 is 10.9. The van der Waals surface area contributed by atoms with Crippen molar-refractivity contribution >= 4 is 40.5 Å². The number of benzene rings is 1. The van der Waals surface area contributed by atoms with Gasteiger partial charge in [0.15, 0.2) is 5.11 Å². The van der Waals surface area contributed by atoms with Crippen molar-refractivity contribution in [2.75, 3.05) is 5.32 Å². The van der Waals surface area contributed by atoms with Crippen LogP contribution in [0.15, 0.2) is 42.5 Å². The molecule has 1 aromatic carbocycles. The molecule has 0 fully saturated rings. The monoisotopic (exact) mass is 320 g/mol. The molecule has 5 nitrogen and oxygen atoms in total. The lowest BCUT2D eigenvalue weighted by molar-refractivity contribution is 0.0939. The molecule has 0 saturated heterocycles. The van der Waals surface area contributed by atoms with Crippen LogP contribution in [0.5, 0.6) is 0 Å². The Bertz CT molecular complexity index is 660. The van der Waals surface area contributed by atoms with Crippen LogP contribution in [0.25, 0.3) is 0 Å². The number of hydrogen-bond acceptors (Lipinski definition) is 3. The van der Waals surface area contributed by atoms with Crippen LogP contribution in [-0.2, 0) is 0 Å². The zero-order valence-electron chi connectivity index (χ0n) is 11.2. The second kappa shape index (κ2) is 7.01. The minimum atomic E-state index is -0.362. The average Bonchev–Trinajstić information content (AvgIpc) is 2.47. The van der Waals surface area contributed by atoms with Gasteiger partial charge in [-0.2, -0.15) is 0 Å². The van der Waals surface area contributed by atoms with E-state index in [1.54, 1.807) is 36.4 Å². The smallest absolute Gasteiger partial charge is 0.288 e. The number of carbonyl (C=O) groups is 1. The molecule has 7 heteroatoms. The average molecular weight is 321 g/mol. The maximum absolute atomic E-state index is 11.9. The highest BCUT2D eigenvalue weighted by atomic mass is 35.5. The van der Waals surface area contributed by atoms with Gasteiger partial charge in [0.2, 0.25) is 0 Å². The fraction of sp³-hybridized carbons (Fsp3) is 0.0714. The van der Waals surface area contributed by atoms with Crippen LogP contribution in [0.4, 0.5) is 5.69 Å². The third-order valence-corrected chi connectivity index (χ3v) is 2.97. The van der Waals surface area contributed by atoms with Crippen LogP contribution in [0.3, 0.4) is 0 Å². The van der Waals surface area contributed by atoms with E-state index in [0.717, 1.165) is 11.4 Å². The Labute approximate surface area is 132 Å². The second-order valence-electron chi connectivity index (χ2n) is 4.20. The number of amides is 1. The number of pyridine rings is 1. The molecule has 0 aliphatic heterocycles. The molecular formula is C14H13ClN4OS. The number of carbonyl (C=O) groups excluding carboxylic acids is 1. The number of aryl methyl sites for hydroxylation is 1. The number of nitrogens with one attached hydrogen (secondary N) is 3. The SMILES string of the molecule is Cc1cccc(C(=O)NNC(=S)Nc2ccc(Cl)cc2)n1. The van der Waals surface area contributed by atoms with Crippen molar-refractivity contribution in [2.24, 2.45) is 0 Å². The molecule has 0 saturated carbocycles. The molecule has 0 atom stereocenters. The standard InChI is InChI=1S/C14H13ClN4OS/c1-9-3-2-4-12(16-9)13(20)18-19-14(21)17-11-7-5-10(15)6-8-11/h2-8H,1H3,(H,18,20)(H2,17,19,21). The first-order valence-electron chi connectivity index (χ1n) is 6.11. The van der Waals surface area contributed by atoms with E-state index in [1.165, 1.54) is 0 Å². The van der Waals surface area contributed by atoms with Crippen molar-refractivity contribution in [3.05, 3.63) is 58.9 Å². The van der Waals surface area contributed by atoms with E-state index >= 15 is 0 Å². The zero-order valence-corrected chi connectivity index (χ0v) is 12.8. The summed E-state index contributed by atoms with van der Waals surface area (Å²) in [6.07, 6.45) is 0. The Balaban J connectivity index is 1.86. The van der Waals surface area contributed by atoms with E-state index < -0.39 is 0 Å². The van der Waals surface area contributed by atoms with Crippen LogP contribution in [0.2, 0.25) is 5.02 Å². The summed E-state index contributed by atoms with van der Waals surface area (Å²) < 4.78 is 0. The van der Waals surface area contributed by atoms with E-state index in [9.17, 15) is 4.79 Å². The van der Waals surface area contributed by atoms with Crippen molar-refractivity contribution in [1.82, 2.24) is 15.8 Å². The molecule has 2 aromatic rings. The van der Waals surface area contributed by atoms with Gasteiger partial charge >= 0.3 is 0 Å². The molecule has 108 valence electrons. The lowest BCUT2D eigenvalue weighted by Crippen LogP contribution is -2.44. The molecule has 0 unspecified atom stereocenters. The molecule has 0 aliphatic carbocycles. The first-order chi connectivity index (χ1) is 10.0. The first-order valence-corrected chi connectivity index (χ1v) is 6.90. The van der Waals surface area contributed by atoms with Crippen LogP contribution < -0.4 is 16.2 Å². The van der Waals surface area contributed by atoms with Crippen molar-refractivity contribution < 1.29 is 4.79 Å². The van der Waals surface area contributed by atoms with Gasteiger partial charge in [-0.3, -0.25) is 15.6 Å². The number of hydrazine groups is 1. The Kier molecular flexibility index (Phi) is 5.08. The Hall–Kier alpha value is -2.18. The predicted octanol–water partition coefficient (Wildman–Crippen LogP) is 2.67. The van der Waals surface area contributed by atoms with Crippen LogP contribution in [0.1, 0.15) is 16.2 Å². The minimum Gasteiger partial charge on any atom is -0.331 e. The van der Waals surface area contributed by atoms with E-state index in [-0.39, 0.29) is 11.0 Å². The normalized spacial score (nSPS) is 9.81. The van der Waals surface area contributed by atoms with E-state index in [0.29, 0.717) is 10.7 Å². The summed E-state index contributed by atoms with van der Waals surface area (Å²) in [6, 6.07) is 12.2. The van der Waals surface area contributed by atoms with Gasteiger partial charge in [-0.1, -0.05) is 17.7 Å². The first kappa shape index (κ1) is 15.2. The Morgan fingerprint density at radius 2 is 1.86 bits per heavy atom. The molecule has 1 heterocycles. The number of halogens is 1. The number of rotatable bonds is 2. The quantitative estimate of drug-likeness (QED) is 0.586. The fourth-order valence-electron chi connectivity index (χ4n) is 1.54. The van der Waals surface area contributed by atoms with Gasteiger partial charge in [-0.15, -0.1) is 0 Å². The molecule has 1 aromatic heterocycles. The number of hydrogen-bond donors (Lipinski definition) is 3. The highest BCUT2D eigenvalue weighted by Crippen LogP contribution is 2.12. The molecule has 0 bridgehead atoms. The van der Waals surface area contributed by atoms with Gasteiger partial charge < -0.3 is 5.32 Å². The summed E-state index contributed by atoms with van der Waals surface area (Å²) in [4.78, 5) is 16.0. The van der Waals surface area contributed by atoms with Crippen molar-refractivity contribution in [2.45, 2.75) is 6.92 Å². The molecule has 21 heavy (non-hydrogen) atoms. The lowest BCUT2D eigenvalue weighted by atomic mass is 10.3. The van der Waals surface area contributed by atoms with Gasteiger partial charge in [-0.05, 0) is 55.5 Å². The Morgan fingerprint density at radius 1 is 1.14 bits per heavy atom. The number of thiocarbonyl (C=S) groups is 1.